The molecule has 1 fully saturated rings. The van der Waals surface area contributed by atoms with Gasteiger partial charge in [0.1, 0.15) is 11.6 Å². The van der Waals surface area contributed by atoms with E-state index < -0.39 is 15.7 Å². The van der Waals surface area contributed by atoms with E-state index in [1.807, 2.05) is 36.9 Å². The van der Waals surface area contributed by atoms with Gasteiger partial charge in [0.2, 0.25) is 0 Å². The first-order valence-electron chi connectivity index (χ1n) is 8.87. The predicted octanol–water partition coefficient (Wildman–Crippen LogP) is -0.0126. The van der Waals surface area contributed by atoms with E-state index in [9.17, 15) is 18.5 Å². The number of rotatable bonds is 11. The Balaban J connectivity index is 2.76. The van der Waals surface area contributed by atoms with Crippen LogP contribution in [0.3, 0.4) is 0 Å². The van der Waals surface area contributed by atoms with E-state index in [1.165, 1.54) is 6.20 Å². The highest BCUT2D eigenvalue weighted by Gasteiger charge is 2.31. The summed E-state index contributed by atoms with van der Waals surface area (Å²) in [6, 6.07) is 1.73. The third-order valence-electron chi connectivity index (χ3n) is 4.10. The van der Waals surface area contributed by atoms with Gasteiger partial charge in [-0.1, -0.05) is 0 Å². The molecule has 26 heavy (non-hydrogen) atoms. The molecule has 0 saturated carbocycles. The first kappa shape index (κ1) is 22.4. The monoisotopic (exact) mass is 386 g/mol. The largest absolute Gasteiger partial charge is 0.382 e. The number of likely N-dealkylation sites (N-methyl/N-ethyl adjacent to an activating group) is 1. The second-order valence-electron chi connectivity index (χ2n) is 6.56. The van der Waals surface area contributed by atoms with E-state index in [1.54, 1.807) is 0 Å². The van der Waals surface area contributed by atoms with Crippen molar-refractivity contribution in [3.8, 4) is 6.07 Å². The third kappa shape index (κ3) is 8.17. The number of sulfone groups is 1. The number of carbonyl (C=O) groups is 1. The molecule has 0 spiro atoms. The SMILES string of the molecule is CCOCCCNC(=O)/C(C#N)=C\N(CCN(C)C)C1CCS(=O)(=O)C1. The second kappa shape index (κ2) is 11.2. The number of hydrogen-bond acceptors (Lipinski definition) is 7. The summed E-state index contributed by atoms with van der Waals surface area (Å²) in [4.78, 5) is 16.0. The maximum Gasteiger partial charge on any atom is 0.263 e. The topological polar surface area (TPSA) is 103 Å². The molecule has 1 amide bonds. The highest BCUT2D eigenvalue weighted by atomic mass is 32.2. The molecule has 1 atom stereocenters. The average Bonchev–Trinajstić information content (AvgIpc) is 2.94. The summed E-state index contributed by atoms with van der Waals surface area (Å²) >= 11 is 0. The molecular weight excluding hydrogens is 356 g/mol. The van der Waals surface area contributed by atoms with Crippen LogP contribution in [-0.4, -0.2) is 88.6 Å². The minimum atomic E-state index is -3.05. The molecule has 1 saturated heterocycles. The summed E-state index contributed by atoms with van der Waals surface area (Å²) in [5.74, 6) is -0.235. The van der Waals surface area contributed by atoms with E-state index in [2.05, 4.69) is 5.32 Å². The van der Waals surface area contributed by atoms with Gasteiger partial charge in [-0.05, 0) is 33.9 Å². The Labute approximate surface area is 156 Å². The Kier molecular flexibility index (Phi) is 9.62. The van der Waals surface area contributed by atoms with Crippen LogP contribution in [0.4, 0.5) is 0 Å². The minimum absolute atomic E-state index is 0.00976. The molecule has 8 nitrogen and oxygen atoms in total. The first-order valence-corrected chi connectivity index (χ1v) is 10.7. The van der Waals surface area contributed by atoms with Gasteiger partial charge in [-0.15, -0.1) is 0 Å². The molecule has 9 heteroatoms. The fraction of sp³-hybridized carbons (Fsp3) is 0.765. The van der Waals surface area contributed by atoms with Crippen LogP contribution in [0.1, 0.15) is 19.8 Å². The van der Waals surface area contributed by atoms with Crippen LogP contribution in [0.2, 0.25) is 0 Å². The fourth-order valence-electron chi connectivity index (χ4n) is 2.62. The molecule has 0 bridgehead atoms. The molecule has 148 valence electrons. The van der Waals surface area contributed by atoms with Gasteiger partial charge in [-0.25, -0.2) is 8.42 Å². The van der Waals surface area contributed by atoms with Crippen LogP contribution in [-0.2, 0) is 19.4 Å². The van der Waals surface area contributed by atoms with Crippen molar-refractivity contribution in [3.63, 3.8) is 0 Å². The quantitative estimate of drug-likeness (QED) is 0.303. The Bertz CT molecular complexity index is 625. The Hall–Kier alpha value is -1.63. The molecule has 0 aromatic rings. The summed E-state index contributed by atoms with van der Waals surface area (Å²) in [6.45, 7) is 4.76. The number of nitrogens with zero attached hydrogens (tertiary/aromatic N) is 3. The molecule has 0 aromatic carbocycles. The van der Waals surface area contributed by atoms with E-state index in [0.29, 0.717) is 45.7 Å². The third-order valence-corrected chi connectivity index (χ3v) is 5.85. The molecule has 1 unspecified atom stereocenters. The lowest BCUT2D eigenvalue weighted by atomic mass is 10.2. The highest BCUT2D eigenvalue weighted by Crippen LogP contribution is 2.19. The van der Waals surface area contributed by atoms with Crippen LogP contribution in [0, 0.1) is 11.3 Å². The zero-order chi connectivity index (χ0) is 19.6. The van der Waals surface area contributed by atoms with E-state index in [0.717, 1.165) is 0 Å². The summed E-state index contributed by atoms with van der Waals surface area (Å²) in [5.41, 5.74) is -0.00976. The molecule has 1 aliphatic heterocycles. The molecule has 1 rings (SSSR count). The van der Waals surface area contributed by atoms with Gasteiger partial charge >= 0.3 is 0 Å². The van der Waals surface area contributed by atoms with Gasteiger partial charge in [0.25, 0.3) is 5.91 Å². The van der Waals surface area contributed by atoms with Crippen LogP contribution in [0.5, 0.6) is 0 Å². The first-order chi connectivity index (χ1) is 12.3. The summed E-state index contributed by atoms with van der Waals surface area (Å²) in [7, 11) is 0.794. The fourth-order valence-corrected chi connectivity index (χ4v) is 4.37. The number of amides is 1. The lowest BCUT2D eigenvalue weighted by Crippen LogP contribution is -2.38. The second-order valence-corrected chi connectivity index (χ2v) is 8.79. The molecular formula is C17H30N4O4S. The molecule has 1 N–H and O–H groups in total. The van der Waals surface area contributed by atoms with Gasteiger partial charge < -0.3 is 19.9 Å². The molecule has 1 aliphatic rings. The van der Waals surface area contributed by atoms with Gasteiger partial charge in [0.15, 0.2) is 9.84 Å². The van der Waals surface area contributed by atoms with Gasteiger partial charge in [-0.2, -0.15) is 5.26 Å². The van der Waals surface area contributed by atoms with Crippen molar-refractivity contribution < 1.29 is 17.9 Å². The Morgan fingerprint density at radius 1 is 1.38 bits per heavy atom. The van der Waals surface area contributed by atoms with Crippen LogP contribution in [0.15, 0.2) is 11.8 Å². The number of ether oxygens (including phenoxy) is 1. The van der Waals surface area contributed by atoms with Crippen molar-refractivity contribution in [2.24, 2.45) is 0 Å². The normalized spacial score (nSPS) is 19.3. The maximum absolute atomic E-state index is 12.2. The molecule has 0 radical (unpaired) electrons. The van der Waals surface area contributed by atoms with Gasteiger partial charge in [0, 0.05) is 45.1 Å². The number of nitriles is 1. The van der Waals surface area contributed by atoms with Crippen molar-refractivity contribution in [2.75, 3.05) is 58.4 Å². The van der Waals surface area contributed by atoms with Crippen molar-refractivity contribution in [2.45, 2.75) is 25.8 Å². The summed E-state index contributed by atoms with van der Waals surface area (Å²) in [5, 5.41) is 12.1. The number of hydrogen-bond donors (Lipinski definition) is 1. The Morgan fingerprint density at radius 2 is 2.12 bits per heavy atom. The van der Waals surface area contributed by atoms with Gasteiger partial charge in [0.05, 0.1) is 11.5 Å². The van der Waals surface area contributed by atoms with Crippen LogP contribution < -0.4 is 5.32 Å². The Morgan fingerprint density at radius 3 is 2.65 bits per heavy atom. The number of nitrogens with one attached hydrogen (secondary N) is 1. The lowest BCUT2D eigenvalue weighted by molar-refractivity contribution is -0.117. The van der Waals surface area contributed by atoms with Crippen molar-refractivity contribution in [1.29, 1.82) is 5.26 Å². The smallest absolute Gasteiger partial charge is 0.263 e. The number of carbonyl (C=O) groups excluding carboxylic acids is 1. The zero-order valence-electron chi connectivity index (χ0n) is 15.9. The average molecular weight is 387 g/mol. The highest BCUT2D eigenvalue weighted by molar-refractivity contribution is 7.91. The predicted molar refractivity (Wildman–Crippen MR) is 100 cm³/mol. The van der Waals surface area contributed by atoms with Crippen LogP contribution in [0.25, 0.3) is 0 Å². The van der Waals surface area contributed by atoms with E-state index in [4.69, 9.17) is 4.74 Å². The standard InChI is InChI=1S/C17H30N4O4S/c1-4-25-10-5-7-19-17(22)15(12-18)13-21(9-8-20(2)3)16-6-11-26(23,24)14-16/h13,16H,4-11,14H2,1-3H3,(H,19,22)/b15-13-. The van der Waals surface area contributed by atoms with E-state index in [-0.39, 0.29) is 23.1 Å². The zero-order valence-corrected chi connectivity index (χ0v) is 16.7. The molecule has 0 aliphatic carbocycles. The van der Waals surface area contributed by atoms with Crippen molar-refractivity contribution in [3.05, 3.63) is 11.8 Å². The van der Waals surface area contributed by atoms with Gasteiger partial charge in [-0.3, -0.25) is 4.79 Å². The maximum atomic E-state index is 12.2. The van der Waals surface area contributed by atoms with Crippen molar-refractivity contribution >= 4 is 15.7 Å². The molecule has 0 aromatic heterocycles. The van der Waals surface area contributed by atoms with Crippen LogP contribution >= 0.6 is 0 Å². The lowest BCUT2D eigenvalue weighted by Gasteiger charge is -2.28. The van der Waals surface area contributed by atoms with E-state index >= 15 is 0 Å². The minimum Gasteiger partial charge on any atom is -0.382 e. The summed E-state index contributed by atoms with van der Waals surface area (Å²) < 4.78 is 28.8. The molecule has 1 heterocycles. The summed E-state index contributed by atoms with van der Waals surface area (Å²) in [6.07, 6.45) is 2.69. The van der Waals surface area contributed by atoms with Crippen molar-refractivity contribution in [1.82, 2.24) is 15.1 Å².